The summed E-state index contributed by atoms with van der Waals surface area (Å²) < 4.78 is 18.3. The number of nitro groups is 1. The number of nitrogens with zero attached hydrogens (tertiary/aromatic N) is 1. The van der Waals surface area contributed by atoms with Crippen LogP contribution < -0.4 is 10.1 Å². The Kier molecular flexibility index (Phi) is 4.87. The van der Waals surface area contributed by atoms with E-state index in [1.54, 1.807) is 5.32 Å². The van der Waals surface area contributed by atoms with Gasteiger partial charge in [-0.05, 0) is 24.3 Å². The van der Waals surface area contributed by atoms with E-state index in [1.165, 1.54) is 24.3 Å². The predicted octanol–water partition coefficient (Wildman–Crippen LogP) is 3.32. The molecular formula is C14H8ClFN2O5. The number of nitro benzene ring substituents is 1. The molecule has 2 aromatic rings. The maximum Gasteiger partial charge on any atom is 0.419 e. The number of ether oxygens (including phenoxy) is 1. The van der Waals surface area contributed by atoms with Crippen LogP contribution in [0.4, 0.5) is 14.9 Å². The van der Waals surface area contributed by atoms with Crippen molar-refractivity contribution in [3.05, 3.63) is 69.0 Å². The van der Waals surface area contributed by atoms with E-state index in [9.17, 15) is 24.1 Å². The second kappa shape index (κ2) is 6.84. The van der Waals surface area contributed by atoms with Gasteiger partial charge in [-0.15, -0.1) is 0 Å². The molecule has 118 valence electrons. The highest BCUT2D eigenvalue weighted by Crippen LogP contribution is 2.19. The molecule has 0 saturated carbocycles. The summed E-state index contributed by atoms with van der Waals surface area (Å²) in [6.07, 6.45) is -1.18. The van der Waals surface area contributed by atoms with Crippen LogP contribution in [0.25, 0.3) is 0 Å². The van der Waals surface area contributed by atoms with Gasteiger partial charge in [0, 0.05) is 12.1 Å². The highest BCUT2D eigenvalue weighted by atomic mass is 35.5. The van der Waals surface area contributed by atoms with Crippen LogP contribution in [0.15, 0.2) is 42.5 Å². The van der Waals surface area contributed by atoms with Gasteiger partial charge in [-0.2, -0.15) is 0 Å². The third-order valence-electron chi connectivity index (χ3n) is 2.66. The van der Waals surface area contributed by atoms with Crippen molar-refractivity contribution in [2.45, 2.75) is 0 Å². The van der Waals surface area contributed by atoms with Gasteiger partial charge in [0.05, 0.1) is 15.5 Å². The smallest absolute Gasteiger partial charge is 0.410 e. The maximum absolute atomic E-state index is 13.5. The largest absolute Gasteiger partial charge is 0.419 e. The van der Waals surface area contributed by atoms with Crippen LogP contribution in [0.3, 0.4) is 0 Å². The average molecular weight is 339 g/mol. The highest BCUT2D eigenvalue weighted by Gasteiger charge is 2.19. The fourth-order valence-corrected chi connectivity index (χ4v) is 1.89. The van der Waals surface area contributed by atoms with E-state index < -0.39 is 28.3 Å². The van der Waals surface area contributed by atoms with E-state index in [1.807, 2.05) is 0 Å². The predicted molar refractivity (Wildman–Crippen MR) is 78.0 cm³/mol. The molecule has 0 bridgehead atoms. The molecule has 1 N–H and O–H groups in total. The van der Waals surface area contributed by atoms with Gasteiger partial charge in [-0.25, -0.2) is 9.18 Å². The Hall–Kier alpha value is -3.00. The summed E-state index contributed by atoms with van der Waals surface area (Å²) in [5.41, 5.74) is -0.679. The zero-order valence-electron chi connectivity index (χ0n) is 11.3. The molecule has 0 saturated heterocycles. The van der Waals surface area contributed by atoms with Crippen molar-refractivity contribution in [1.29, 1.82) is 0 Å². The molecule has 2 aromatic carbocycles. The number of hydrogen-bond acceptors (Lipinski definition) is 5. The van der Waals surface area contributed by atoms with Crippen LogP contribution in [0.5, 0.6) is 5.75 Å². The molecule has 0 fully saturated rings. The second-order valence-electron chi connectivity index (χ2n) is 4.19. The molecule has 0 aliphatic carbocycles. The molecule has 0 unspecified atom stereocenters. The van der Waals surface area contributed by atoms with Crippen LogP contribution in [0.2, 0.25) is 5.02 Å². The standard InChI is InChI=1S/C14H8ClFN2O5/c15-10-2-1-3-11(16)12(10)13(19)17-14(20)23-9-6-4-8(5-7-9)18(21)22/h1-7H,(H,17,19,20). The van der Waals surface area contributed by atoms with Crippen LogP contribution in [-0.2, 0) is 0 Å². The minimum Gasteiger partial charge on any atom is -0.410 e. The van der Waals surface area contributed by atoms with Crippen molar-refractivity contribution in [2.24, 2.45) is 0 Å². The Morgan fingerprint density at radius 1 is 1.17 bits per heavy atom. The summed E-state index contributed by atoms with van der Waals surface area (Å²) in [7, 11) is 0. The lowest BCUT2D eigenvalue weighted by Crippen LogP contribution is -2.33. The van der Waals surface area contributed by atoms with E-state index in [0.717, 1.165) is 18.2 Å². The quantitative estimate of drug-likeness (QED) is 0.683. The molecule has 0 radical (unpaired) electrons. The maximum atomic E-state index is 13.5. The Balaban J connectivity index is 2.04. The summed E-state index contributed by atoms with van der Waals surface area (Å²) in [5, 5.41) is 12.1. The first-order chi connectivity index (χ1) is 10.9. The van der Waals surface area contributed by atoms with E-state index in [2.05, 4.69) is 0 Å². The minimum absolute atomic E-state index is 0.0273. The molecule has 9 heteroatoms. The average Bonchev–Trinajstić information content (AvgIpc) is 2.47. The van der Waals surface area contributed by atoms with Crippen molar-refractivity contribution in [3.63, 3.8) is 0 Å². The normalized spacial score (nSPS) is 10.0. The summed E-state index contributed by atoms with van der Waals surface area (Å²) in [6.45, 7) is 0. The Labute approximate surface area is 133 Å². The monoisotopic (exact) mass is 338 g/mol. The number of imide groups is 1. The number of hydrogen-bond donors (Lipinski definition) is 1. The van der Waals surface area contributed by atoms with Crippen molar-refractivity contribution < 1.29 is 23.6 Å². The third-order valence-corrected chi connectivity index (χ3v) is 2.98. The number of amides is 2. The molecule has 2 amide bonds. The number of halogens is 2. The van der Waals surface area contributed by atoms with Crippen LogP contribution in [-0.4, -0.2) is 16.9 Å². The van der Waals surface area contributed by atoms with Gasteiger partial charge < -0.3 is 4.74 Å². The zero-order valence-corrected chi connectivity index (χ0v) is 12.0. The van der Waals surface area contributed by atoms with Gasteiger partial charge in [0.1, 0.15) is 11.6 Å². The Morgan fingerprint density at radius 2 is 1.83 bits per heavy atom. The van der Waals surface area contributed by atoms with Crippen molar-refractivity contribution in [3.8, 4) is 5.75 Å². The molecule has 0 aliphatic rings. The van der Waals surface area contributed by atoms with Gasteiger partial charge in [0.25, 0.3) is 11.6 Å². The van der Waals surface area contributed by atoms with Gasteiger partial charge in [-0.1, -0.05) is 17.7 Å². The van der Waals surface area contributed by atoms with E-state index in [-0.39, 0.29) is 16.5 Å². The fourth-order valence-electron chi connectivity index (χ4n) is 1.64. The number of carbonyl (C=O) groups is 2. The van der Waals surface area contributed by atoms with Crippen LogP contribution >= 0.6 is 11.6 Å². The van der Waals surface area contributed by atoms with Crippen LogP contribution in [0, 0.1) is 15.9 Å². The third kappa shape index (κ3) is 4.01. The lowest BCUT2D eigenvalue weighted by molar-refractivity contribution is -0.384. The number of nitrogens with one attached hydrogen (secondary N) is 1. The lowest BCUT2D eigenvalue weighted by atomic mass is 10.2. The number of rotatable bonds is 3. The molecule has 0 spiro atoms. The first-order valence-corrected chi connectivity index (χ1v) is 6.48. The molecule has 2 rings (SSSR count). The summed E-state index contributed by atoms with van der Waals surface area (Å²) in [4.78, 5) is 33.3. The molecule has 23 heavy (non-hydrogen) atoms. The molecule has 0 atom stereocenters. The zero-order chi connectivity index (χ0) is 17.0. The van der Waals surface area contributed by atoms with E-state index in [0.29, 0.717) is 0 Å². The number of non-ortho nitro benzene ring substituents is 1. The first-order valence-electron chi connectivity index (χ1n) is 6.10. The molecule has 0 aliphatic heterocycles. The lowest BCUT2D eigenvalue weighted by Gasteiger charge is -2.07. The SMILES string of the molecule is O=C(NC(=O)c1c(F)cccc1Cl)Oc1ccc([N+](=O)[O-])cc1. The topological polar surface area (TPSA) is 98.5 Å². The van der Waals surface area contributed by atoms with E-state index in [4.69, 9.17) is 16.3 Å². The molecular weight excluding hydrogens is 331 g/mol. The molecule has 0 aromatic heterocycles. The Bertz CT molecular complexity index is 759. The van der Waals surface area contributed by atoms with Gasteiger partial charge in [0.15, 0.2) is 0 Å². The molecule has 0 heterocycles. The fraction of sp³-hybridized carbons (Fsp3) is 0. The number of carbonyl (C=O) groups excluding carboxylic acids is 2. The van der Waals surface area contributed by atoms with Crippen molar-refractivity contribution in [1.82, 2.24) is 5.32 Å². The summed E-state index contributed by atoms with van der Waals surface area (Å²) in [6, 6.07) is 8.22. The van der Waals surface area contributed by atoms with E-state index >= 15 is 0 Å². The summed E-state index contributed by atoms with van der Waals surface area (Å²) >= 11 is 5.70. The number of benzene rings is 2. The molecule has 7 nitrogen and oxygen atoms in total. The van der Waals surface area contributed by atoms with Gasteiger partial charge >= 0.3 is 6.09 Å². The Morgan fingerprint density at radius 3 is 2.39 bits per heavy atom. The second-order valence-corrected chi connectivity index (χ2v) is 4.60. The first kappa shape index (κ1) is 16.4. The highest BCUT2D eigenvalue weighted by molar-refractivity contribution is 6.34. The summed E-state index contributed by atoms with van der Waals surface area (Å²) in [5.74, 6) is -1.99. The van der Waals surface area contributed by atoms with Gasteiger partial charge in [-0.3, -0.25) is 20.2 Å². The van der Waals surface area contributed by atoms with Crippen molar-refractivity contribution >= 4 is 29.3 Å². The van der Waals surface area contributed by atoms with Crippen LogP contribution in [0.1, 0.15) is 10.4 Å². The van der Waals surface area contributed by atoms with Crippen molar-refractivity contribution in [2.75, 3.05) is 0 Å². The van der Waals surface area contributed by atoms with Gasteiger partial charge in [0.2, 0.25) is 0 Å². The minimum atomic E-state index is -1.18.